The lowest BCUT2D eigenvalue weighted by Gasteiger charge is -2.13. The Kier molecular flexibility index (Phi) is 3.48. The van der Waals surface area contributed by atoms with Crippen LogP contribution in [0.5, 0.6) is 0 Å². The van der Waals surface area contributed by atoms with Gasteiger partial charge in [0, 0.05) is 18.9 Å². The molecule has 2 aromatic heterocycles. The van der Waals surface area contributed by atoms with Crippen LogP contribution in [-0.2, 0) is 0 Å². The minimum atomic E-state index is -0.822. The third-order valence-electron chi connectivity index (χ3n) is 3.65. The van der Waals surface area contributed by atoms with Crippen LogP contribution < -0.4 is 5.32 Å². The summed E-state index contributed by atoms with van der Waals surface area (Å²) in [6, 6.07) is 4.14. The SMILES string of the molecule is Cc1cc2nc(NCC(O)CO)c3nccn3c2cc1C. The van der Waals surface area contributed by atoms with Gasteiger partial charge in [0.1, 0.15) is 0 Å². The second-order valence-electron chi connectivity index (χ2n) is 5.22. The number of anilines is 1. The molecule has 1 unspecified atom stereocenters. The molecule has 0 fully saturated rings. The predicted octanol–water partition coefficient (Wildman–Crippen LogP) is 1.26. The van der Waals surface area contributed by atoms with Crippen molar-refractivity contribution in [3.05, 3.63) is 35.7 Å². The molecule has 21 heavy (non-hydrogen) atoms. The summed E-state index contributed by atoms with van der Waals surface area (Å²) >= 11 is 0. The summed E-state index contributed by atoms with van der Waals surface area (Å²) in [6.45, 7) is 4.06. The third kappa shape index (κ3) is 2.43. The maximum atomic E-state index is 9.47. The molecule has 3 rings (SSSR count). The molecular formula is C15H18N4O2. The molecule has 6 nitrogen and oxygen atoms in total. The van der Waals surface area contributed by atoms with Gasteiger partial charge in [0.05, 0.1) is 23.7 Å². The molecule has 0 radical (unpaired) electrons. The highest BCUT2D eigenvalue weighted by Crippen LogP contribution is 2.23. The fourth-order valence-corrected chi connectivity index (χ4v) is 2.31. The Morgan fingerprint density at radius 2 is 2.05 bits per heavy atom. The second kappa shape index (κ2) is 5.31. The first kappa shape index (κ1) is 13.8. The first-order valence-electron chi connectivity index (χ1n) is 6.87. The normalized spacial score (nSPS) is 13.0. The first-order chi connectivity index (χ1) is 10.1. The van der Waals surface area contributed by atoms with E-state index in [1.165, 1.54) is 11.1 Å². The van der Waals surface area contributed by atoms with Gasteiger partial charge in [0.2, 0.25) is 0 Å². The van der Waals surface area contributed by atoms with E-state index >= 15 is 0 Å². The number of aryl methyl sites for hydroxylation is 2. The summed E-state index contributed by atoms with van der Waals surface area (Å²) in [5.41, 5.74) is 4.95. The lowest BCUT2D eigenvalue weighted by molar-refractivity contribution is 0.105. The summed E-state index contributed by atoms with van der Waals surface area (Å²) in [5, 5.41) is 21.4. The van der Waals surface area contributed by atoms with E-state index in [-0.39, 0.29) is 13.2 Å². The van der Waals surface area contributed by atoms with E-state index in [4.69, 9.17) is 5.11 Å². The largest absolute Gasteiger partial charge is 0.394 e. The van der Waals surface area contributed by atoms with Gasteiger partial charge in [0.15, 0.2) is 11.5 Å². The predicted molar refractivity (Wildman–Crippen MR) is 81.5 cm³/mol. The lowest BCUT2D eigenvalue weighted by atomic mass is 10.1. The number of aromatic nitrogens is 3. The summed E-state index contributed by atoms with van der Waals surface area (Å²) in [5.74, 6) is 0.600. The molecule has 1 atom stereocenters. The van der Waals surface area contributed by atoms with Crippen LogP contribution in [-0.4, -0.2) is 43.8 Å². The van der Waals surface area contributed by atoms with E-state index in [1.54, 1.807) is 6.20 Å². The Labute approximate surface area is 122 Å². The molecule has 1 aromatic carbocycles. The number of aliphatic hydroxyl groups is 2. The van der Waals surface area contributed by atoms with Gasteiger partial charge in [-0.25, -0.2) is 9.97 Å². The summed E-state index contributed by atoms with van der Waals surface area (Å²) in [4.78, 5) is 8.92. The molecule has 0 aliphatic carbocycles. The van der Waals surface area contributed by atoms with E-state index < -0.39 is 6.10 Å². The van der Waals surface area contributed by atoms with Crippen molar-refractivity contribution in [3.8, 4) is 0 Å². The molecule has 0 bridgehead atoms. The molecular weight excluding hydrogens is 268 g/mol. The molecule has 6 heteroatoms. The van der Waals surface area contributed by atoms with Crippen molar-refractivity contribution >= 4 is 22.5 Å². The molecule has 0 spiro atoms. The average Bonchev–Trinajstić information content (AvgIpc) is 2.96. The number of benzene rings is 1. The zero-order valence-electron chi connectivity index (χ0n) is 12.0. The monoisotopic (exact) mass is 286 g/mol. The van der Waals surface area contributed by atoms with E-state index in [0.29, 0.717) is 11.5 Å². The van der Waals surface area contributed by atoms with Crippen LogP contribution in [0.15, 0.2) is 24.5 Å². The van der Waals surface area contributed by atoms with Crippen molar-refractivity contribution in [1.29, 1.82) is 0 Å². The zero-order valence-corrected chi connectivity index (χ0v) is 12.0. The smallest absolute Gasteiger partial charge is 0.180 e. The number of hydrogen-bond acceptors (Lipinski definition) is 5. The molecule has 0 aliphatic rings. The van der Waals surface area contributed by atoms with E-state index in [2.05, 4.69) is 35.2 Å². The van der Waals surface area contributed by atoms with E-state index in [0.717, 1.165) is 11.0 Å². The van der Waals surface area contributed by atoms with Gasteiger partial charge >= 0.3 is 0 Å². The van der Waals surface area contributed by atoms with Crippen LogP contribution in [0.2, 0.25) is 0 Å². The minimum absolute atomic E-state index is 0.225. The quantitative estimate of drug-likeness (QED) is 0.672. The van der Waals surface area contributed by atoms with Crippen molar-refractivity contribution in [3.63, 3.8) is 0 Å². The average molecular weight is 286 g/mol. The Balaban J connectivity index is 2.14. The molecule has 0 saturated heterocycles. The van der Waals surface area contributed by atoms with Gasteiger partial charge in [0.25, 0.3) is 0 Å². The maximum Gasteiger partial charge on any atom is 0.180 e. The summed E-state index contributed by atoms with van der Waals surface area (Å²) in [6.07, 6.45) is 2.79. The van der Waals surface area contributed by atoms with Gasteiger partial charge in [-0.3, -0.25) is 4.40 Å². The lowest BCUT2D eigenvalue weighted by Crippen LogP contribution is -2.23. The van der Waals surface area contributed by atoms with Crippen molar-refractivity contribution in [1.82, 2.24) is 14.4 Å². The van der Waals surface area contributed by atoms with E-state index in [1.807, 2.05) is 16.7 Å². The first-order valence-corrected chi connectivity index (χ1v) is 6.87. The van der Waals surface area contributed by atoms with Gasteiger partial charge in [-0.15, -0.1) is 0 Å². The molecule has 0 saturated carbocycles. The van der Waals surface area contributed by atoms with Crippen molar-refractivity contribution in [2.45, 2.75) is 20.0 Å². The number of nitrogens with one attached hydrogen (secondary N) is 1. The van der Waals surface area contributed by atoms with Crippen LogP contribution in [0.4, 0.5) is 5.82 Å². The highest BCUT2D eigenvalue weighted by atomic mass is 16.3. The molecule has 2 heterocycles. The van der Waals surface area contributed by atoms with Crippen LogP contribution in [0, 0.1) is 13.8 Å². The fourth-order valence-electron chi connectivity index (χ4n) is 2.31. The Hall–Kier alpha value is -2.18. The summed E-state index contributed by atoms with van der Waals surface area (Å²) < 4.78 is 1.97. The molecule has 110 valence electrons. The van der Waals surface area contributed by atoms with Crippen LogP contribution >= 0.6 is 0 Å². The molecule has 0 amide bonds. The van der Waals surface area contributed by atoms with Crippen molar-refractivity contribution in [2.75, 3.05) is 18.5 Å². The molecule has 3 aromatic rings. The second-order valence-corrected chi connectivity index (χ2v) is 5.22. The van der Waals surface area contributed by atoms with Gasteiger partial charge in [-0.2, -0.15) is 0 Å². The number of nitrogens with zero attached hydrogens (tertiary/aromatic N) is 3. The standard InChI is InChI=1S/C15H18N4O2/c1-9-5-12-13(6-10(9)2)19-4-3-16-15(19)14(18-12)17-7-11(21)8-20/h3-6,11,20-21H,7-8H2,1-2H3,(H,17,18). The maximum absolute atomic E-state index is 9.47. The van der Waals surface area contributed by atoms with Crippen molar-refractivity contribution < 1.29 is 10.2 Å². The minimum Gasteiger partial charge on any atom is -0.394 e. The zero-order chi connectivity index (χ0) is 15.0. The van der Waals surface area contributed by atoms with Gasteiger partial charge in [-0.1, -0.05) is 0 Å². The number of fused-ring (bicyclic) bond motifs is 3. The van der Waals surface area contributed by atoms with Gasteiger partial charge in [-0.05, 0) is 37.1 Å². The van der Waals surface area contributed by atoms with Crippen LogP contribution in [0.3, 0.4) is 0 Å². The Bertz CT molecular complexity index is 797. The number of imidazole rings is 1. The molecule has 3 N–H and O–H groups in total. The van der Waals surface area contributed by atoms with Crippen molar-refractivity contribution in [2.24, 2.45) is 0 Å². The Morgan fingerprint density at radius 1 is 1.29 bits per heavy atom. The van der Waals surface area contributed by atoms with Crippen LogP contribution in [0.1, 0.15) is 11.1 Å². The highest BCUT2D eigenvalue weighted by molar-refractivity contribution is 5.84. The highest BCUT2D eigenvalue weighted by Gasteiger charge is 2.11. The number of hydrogen-bond donors (Lipinski definition) is 3. The van der Waals surface area contributed by atoms with Gasteiger partial charge < -0.3 is 15.5 Å². The Morgan fingerprint density at radius 3 is 2.81 bits per heavy atom. The summed E-state index contributed by atoms with van der Waals surface area (Å²) in [7, 11) is 0. The number of aliphatic hydroxyl groups excluding tert-OH is 2. The number of rotatable bonds is 4. The topological polar surface area (TPSA) is 82.7 Å². The third-order valence-corrected chi connectivity index (χ3v) is 3.65. The molecule has 0 aliphatic heterocycles. The van der Waals surface area contributed by atoms with Crippen LogP contribution in [0.25, 0.3) is 16.7 Å². The van der Waals surface area contributed by atoms with E-state index in [9.17, 15) is 5.11 Å². The fraction of sp³-hybridized carbons (Fsp3) is 0.333.